The Morgan fingerprint density at radius 2 is 1.87 bits per heavy atom. The van der Waals surface area contributed by atoms with Crippen molar-refractivity contribution in [3.63, 3.8) is 0 Å². The predicted molar refractivity (Wildman–Crippen MR) is 117 cm³/mol. The summed E-state index contributed by atoms with van der Waals surface area (Å²) in [5.41, 5.74) is 1.01. The quantitative estimate of drug-likeness (QED) is 0.578. The van der Waals surface area contributed by atoms with Crippen molar-refractivity contribution in [3.05, 3.63) is 65.5 Å². The van der Waals surface area contributed by atoms with E-state index in [1.807, 2.05) is 35.7 Å². The summed E-state index contributed by atoms with van der Waals surface area (Å²) in [5, 5.41) is 7.57. The van der Waals surface area contributed by atoms with E-state index >= 15 is 0 Å². The molecule has 8 nitrogen and oxygen atoms in total. The Morgan fingerprint density at radius 3 is 2.55 bits per heavy atom. The first-order chi connectivity index (χ1) is 14.9. The van der Waals surface area contributed by atoms with E-state index in [0.29, 0.717) is 16.4 Å². The molecule has 2 aromatic carbocycles. The Hall–Kier alpha value is -3.72. The van der Waals surface area contributed by atoms with Gasteiger partial charge >= 0.3 is 6.03 Å². The van der Waals surface area contributed by atoms with Crippen molar-refractivity contribution in [3.8, 4) is 17.0 Å². The van der Waals surface area contributed by atoms with Gasteiger partial charge in [0.25, 0.3) is 5.91 Å². The second-order valence-corrected chi connectivity index (χ2v) is 7.99. The first-order valence-corrected chi connectivity index (χ1v) is 10.4. The second kappa shape index (κ2) is 8.19. The maximum Gasteiger partial charge on any atom is 0.325 e. The van der Waals surface area contributed by atoms with E-state index in [4.69, 9.17) is 4.74 Å². The molecule has 31 heavy (non-hydrogen) atoms. The number of urea groups is 1. The number of hydrogen-bond donors (Lipinski definition) is 2. The lowest BCUT2D eigenvalue weighted by Crippen LogP contribution is -2.42. The molecule has 0 bridgehead atoms. The Balaban J connectivity index is 1.44. The number of thiazole rings is 1. The SMILES string of the molecule is COc1ccc(C2(C)NC(=O)N(CC(=O)Nc3nc(-c4ccccc4)cs3)C2=O)cc1. The third kappa shape index (κ3) is 3.99. The van der Waals surface area contributed by atoms with Gasteiger partial charge in [-0.2, -0.15) is 0 Å². The van der Waals surface area contributed by atoms with Crippen LogP contribution in [0.1, 0.15) is 12.5 Å². The van der Waals surface area contributed by atoms with Crippen LogP contribution in [0.2, 0.25) is 0 Å². The van der Waals surface area contributed by atoms with Crippen LogP contribution in [-0.2, 0) is 15.1 Å². The molecule has 1 aliphatic heterocycles. The fraction of sp³-hybridized carbons (Fsp3) is 0.182. The third-order valence-corrected chi connectivity index (χ3v) is 5.82. The molecule has 1 unspecified atom stereocenters. The Bertz CT molecular complexity index is 1130. The van der Waals surface area contributed by atoms with Crippen molar-refractivity contribution in [2.75, 3.05) is 19.0 Å². The number of imide groups is 1. The average Bonchev–Trinajstić information content (AvgIpc) is 3.33. The van der Waals surface area contributed by atoms with Gasteiger partial charge in [0.15, 0.2) is 5.13 Å². The van der Waals surface area contributed by atoms with Crippen LogP contribution in [0, 0.1) is 0 Å². The summed E-state index contributed by atoms with van der Waals surface area (Å²) >= 11 is 1.27. The number of anilines is 1. The van der Waals surface area contributed by atoms with Crippen molar-refractivity contribution < 1.29 is 19.1 Å². The topological polar surface area (TPSA) is 101 Å². The molecule has 1 fully saturated rings. The molecule has 4 amide bonds. The van der Waals surface area contributed by atoms with Gasteiger partial charge in [0.1, 0.15) is 17.8 Å². The molecule has 0 aliphatic carbocycles. The number of ether oxygens (including phenoxy) is 1. The van der Waals surface area contributed by atoms with Crippen molar-refractivity contribution in [2.24, 2.45) is 0 Å². The standard InChI is InChI=1S/C22H20N4O4S/c1-22(15-8-10-16(30-2)11-9-15)19(28)26(21(29)25-22)12-18(27)24-20-23-17(13-31-20)14-6-4-3-5-7-14/h3-11,13H,12H2,1-2H3,(H,25,29)(H,23,24,27). The van der Waals surface area contributed by atoms with Crippen LogP contribution >= 0.6 is 11.3 Å². The van der Waals surface area contributed by atoms with Crippen molar-refractivity contribution in [1.82, 2.24) is 15.2 Å². The minimum atomic E-state index is -1.26. The molecule has 2 N–H and O–H groups in total. The highest BCUT2D eigenvalue weighted by Gasteiger charge is 2.49. The van der Waals surface area contributed by atoms with Crippen LogP contribution in [0.3, 0.4) is 0 Å². The van der Waals surface area contributed by atoms with E-state index < -0.39 is 29.9 Å². The highest BCUT2D eigenvalue weighted by Crippen LogP contribution is 2.30. The van der Waals surface area contributed by atoms with E-state index in [9.17, 15) is 14.4 Å². The molecule has 4 rings (SSSR count). The lowest BCUT2D eigenvalue weighted by Gasteiger charge is -2.22. The molecule has 1 atom stereocenters. The number of amides is 4. The molecular weight excluding hydrogens is 416 g/mol. The zero-order valence-corrected chi connectivity index (χ0v) is 17.7. The summed E-state index contributed by atoms with van der Waals surface area (Å²) < 4.78 is 5.13. The van der Waals surface area contributed by atoms with Crippen LogP contribution in [0.15, 0.2) is 60.0 Å². The first-order valence-electron chi connectivity index (χ1n) is 9.50. The first kappa shape index (κ1) is 20.5. The highest BCUT2D eigenvalue weighted by atomic mass is 32.1. The molecule has 0 saturated carbocycles. The fourth-order valence-corrected chi connectivity index (χ4v) is 4.07. The molecule has 2 heterocycles. The van der Waals surface area contributed by atoms with Crippen LogP contribution < -0.4 is 15.4 Å². The van der Waals surface area contributed by atoms with Crippen molar-refractivity contribution in [1.29, 1.82) is 0 Å². The minimum Gasteiger partial charge on any atom is -0.497 e. The number of nitrogens with one attached hydrogen (secondary N) is 2. The zero-order valence-electron chi connectivity index (χ0n) is 16.9. The molecule has 3 aromatic rings. The summed E-state index contributed by atoms with van der Waals surface area (Å²) in [5.74, 6) is -0.364. The van der Waals surface area contributed by atoms with Gasteiger partial charge in [0, 0.05) is 10.9 Å². The Labute approximate surface area is 182 Å². The fourth-order valence-electron chi connectivity index (χ4n) is 3.34. The van der Waals surface area contributed by atoms with Gasteiger partial charge in [-0.15, -0.1) is 11.3 Å². The van der Waals surface area contributed by atoms with Crippen molar-refractivity contribution in [2.45, 2.75) is 12.5 Å². The van der Waals surface area contributed by atoms with E-state index in [1.165, 1.54) is 11.3 Å². The predicted octanol–water partition coefficient (Wildman–Crippen LogP) is 3.22. The minimum absolute atomic E-state index is 0.397. The number of rotatable bonds is 6. The molecule has 1 saturated heterocycles. The van der Waals surface area contributed by atoms with Crippen LogP contribution in [0.25, 0.3) is 11.3 Å². The van der Waals surface area contributed by atoms with Gasteiger partial charge in [-0.1, -0.05) is 42.5 Å². The molecular formula is C22H20N4O4S. The zero-order chi connectivity index (χ0) is 22.0. The van der Waals surface area contributed by atoms with Gasteiger partial charge in [-0.3, -0.25) is 14.5 Å². The summed E-state index contributed by atoms with van der Waals surface area (Å²) in [6.07, 6.45) is 0. The average molecular weight is 436 g/mol. The van der Waals surface area contributed by atoms with Gasteiger partial charge in [-0.05, 0) is 24.6 Å². The Morgan fingerprint density at radius 1 is 1.16 bits per heavy atom. The normalized spacial score (nSPS) is 18.1. The largest absolute Gasteiger partial charge is 0.497 e. The number of benzene rings is 2. The maximum atomic E-state index is 13.0. The van der Waals surface area contributed by atoms with Crippen LogP contribution in [0.4, 0.5) is 9.93 Å². The molecule has 0 spiro atoms. The summed E-state index contributed by atoms with van der Waals surface area (Å²) in [4.78, 5) is 43.2. The van der Waals surface area contributed by atoms with Gasteiger partial charge < -0.3 is 15.4 Å². The number of hydrogen-bond acceptors (Lipinski definition) is 6. The molecule has 1 aromatic heterocycles. The lowest BCUT2D eigenvalue weighted by atomic mass is 9.92. The molecule has 158 valence electrons. The lowest BCUT2D eigenvalue weighted by molar-refractivity contribution is -0.133. The summed E-state index contributed by atoms with van der Waals surface area (Å²) in [6.45, 7) is 1.20. The number of nitrogens with zero attached hydrogens (tertiary/aromatic N) is 2. The van der Waals surface area contributed by atoms with Gasteiger partial charge in [-0.25, -0.2) is 9.78 Å². The third-order valence-electron chi connectivity index (χ3n) is 5.06. The molecule has 0 radical (unpaired) electrons. The van der Waals surface area contributed by atoms with E-state index in [1.54, 1.807) is 38.3 Å². The van der Waals surface area contributed by atoms with Gasteiger partial charge in [0.2, 0.25) is 5.91 Å². The summed E-state index contributed by atoms with van der Waals surface area (Å²) in [6, 6.07) is 15.8. The summed E-state index contributed by atoms with van der Waals surface area (Å²) in [7, 11) is 1.55. The molecule has 1 aliphatic rings. The second-order valence-electron chi connectivity index (χ2n) is 7.13. The highest BCUT2D eigenvalue weighted by molar-refractivity contribution is 7.14. The number of aromatic nitrogens is 1. The van der Waals surface area contributed by atoms with E-state index in [0.717, 1.165) is 16.2 Å². The smallest absolute Gasteiger partial charge is 0.325 e. The van der Waals surface area contributed by atoms with Gasteiger partial charge in [0.05, 0.1) is 12.8 Å². The van der Waals surface area contributed by atoms with Crippen molar-refractivity contribution >= 4 is 34.3 Å². The van der Waals surface area contributed by atoms with Crippen LogP contribution in [-0.4, -0.2) is 41.4 Å². The molecule has 9 heteroatoms. The van der Waals surface area contributed by atoms with E-state index in [2.05, 4.69) is 15.6 Å². The monoisotopic (exact) mass is 436 g/mol. The maximum absolute atomic E-state index is 13.0. The van der Waals surface area contributed by atoms with Crippen LogP contribution in [0.5, 0.6) is 5.75 Å². The van der Waals surface area contributed by atoms with E-state index in [-0.39, 0.29) is 0 Å². The number of methoxy groups -OCH3 is 1. The number of carbonyl (C=O) groups excluding carboxylic acids is 3. The number of carbonyl (C=O) groups is 3. The Kier molecular flexibility index (Phi) is 5.43.